The second-order valence-corrected chi connectivity index (χ2v) is 6.27. The highest BCUT2D eigenvalue weighted by Gasteiger charge is 2.19. The summed E-state index contributed by atoms with van der Waals surface area (Å²) in [6, 6.07) is 8.43. The molecule has 0 bridgehead atoms. The van der Waals surface area contributed by atoms with Crippen LogP contribution >= 0.6 is 0 Å². The Bertz CT molecular complexity index is 626. The van der Waals surface area contributed by atoms with Gasteiger partial charge in [0.25, 0.3) is 5.91 Å². The highest BCUT2D eigenvalue weighted by Crippen LogP contribution is 2.21. The predicted molar refractivity (Wildman–Crippen MR) is 100.0 cm³/mol. The zero-order valence-corrected chi connectivity index (χ0v) is 14.4. The smallest absolute Gasteiger partial charge is 0.251 e. The van der Waals surface area contributed by atoms with Crippen molar-refractivity contribution in [3.63, 3.8) is 0 Å². The fraction of sp³-hybridized carbons (Fsp3) is 0.350. The Morgan fingerprint density at radius 3 is 2.75 bits per heavy atom. The minimum atomic E-state index is -0.168. The third-order valence-electron chi connectivity index (χ3n) is 4.41. The minimum absolute atomic E-state index is 0.168. The molecule has 0 radical (unpaired) electrons. The number of allylic oxidation sites excluding steroid dienone is 1. The van der Waals surface area contributed by atoms with E-state index < -0.39 is 0 Å². The van der Waals surface area contributed by atoms with E-state index in [0.717, 1.165) is 25.9 Å². The van der Waals surface area contributed by atoms with Gasteiger partial charge in [0.15, 0.2) is 0 Å². The van der Waals surface area contributed by atoms with E-state index in [1.54, 1.807) is 0 Å². The molecule has 1 aromatic carbocycles. The largest absolute Gasteiger partial charge is 0.403 e. The number of hydrogen-bond acceptors (Lipinski definition) is 3. The van der Waals surface area contributed by atoms with Gasteiger partial charge in [-0.2, -0.15) is 0 Å². The van der Waals surface area contributed by atoms with Crippen LogP contribution in [0.1, 0.15) is 24.0 Å². The van der Waals surface area contributed by atoms with Crippen molar-refractivity contribution in [1.82, 2.24) is 10.2 Å². The van der Waals surface area contributed by atoms with Gasteiger partial charge in [0.2, 0.25) is 0 Å². The summed E-state index contributed by atoms with van der Waals surface area (Å²) >= 11 is 0. The molecule has 0 unspecified atom stereocenters. The van der Waals surface area contributed by atoms with Crippen LogP contribution in [0.25, 0.3) is 6.08 Å². The number of aryl methyl sites for hydroxylation is 1. The molecule has 128 valence electrons. The van der Waals surface area contributed by atoms with Gasteiger partial charge in [0.05, 0.1) is 0 Å². The van der Waals surface area contributed by atoms with Crippen molar-refractivity contribution in [2.75, 3.05) is 19.6 Å². The molecular weight excluding hydrogens is 298 g/mol. The van der Waals surface area contributed by atoms with Gasteiger partial charge in [-0.25, -0.2) is 0 Å². The van der Waals surface area contributed by atoms with E-state index in [4.69, 9.17) is 5.73 Å². The van der Waals surface area contributed by atoms with E-state index in [1.807, 2.05) is 0 Å². The number of carbonyl (C=O) groups excluding carboxylic acids is 1. The average Bonchev–Trinajstić information content (AvgIpc) is 2.60. The van der Waals surface area contributed by atoms with Crippen LogP contribution in [0.2, 0.25) is 0 Å². The van der Waals surface area contributed by atoms with E-state index in [1.165, 1.54) is 23.5 Å². The Labute approximate surface area is 144 Å². The number of benzene rings is 1. The zero-order chi connectivity index (χ0) is 17.4. The molecule has 1 amide bonds. The number of hydrogen-bond donors (Lipinski definition) is 2. The number of rotatable bonds is 6. The van der Waals surface area contributed by atoms with Gasteiger partial charge in [-0.15, -0.1) is 0 Å². The zero-order valence-electron chi connectivity index (χ0n) is 14.4. The molecule has 4 nitrogen and oxygen atoms in total. The van der Waals surface area contributed by atoms with Crippen molar-refractivity contribution >= 4 is 12.0 Å². The summed E-state index contributed by atoms with van der Waals surface area (Å²) in [5, 5.41) is 2.59. The summed E-state index contributed by atoms with van der Waals surface area (Å²) in [7, 11) is 0. The van der Waals surface area contributed by atoms with Crippen molar-refractivity contribution < 1.29 is 4.79 Å². The Morgan fingerprint density at radius 2 is 2.08 bits per heavy atom. The average molecular weight is 325 g/mol. The summed E-state index contributed by atoms with van der Waals surface area (Å²) in [6.45, 7) is 8.59. The predicted octanol–water partition coefficient (Wildman–Crippen LogP) is 2.82. The second kappa shape index (κ2) is 9.08. The van der Waals surface area contributed by atoms with Gasteiger partial charge in [0, 0.05) is 24.5 Å². The number of carbonyl (C=O) groups is 1. The fourth-order valence-corrected chi connectivity index (χ4v) is 2.88. The lowest BCUT2D eigenvalue weighted by molar-refractivity contribution is -0.116. The van der Waals surface area contributed by atoms with Gasteiger partial charge in [-0.05, 0) is 49.9 Å². The molecule has 1 fully saturated rings. The number of piperidine rings is 1. The first-order valence-corrected chi connectivity index (χ1v) is 8.41. The second-order valence-electron chi connectivity index (χ2n) is 6.27. The molecule has 0 aromatic heterocycles. The van der Waals surface area contributed by atoms with E-state index >= 15 is 0 Å². The summed E-state index contributed by atoms with van der Waals surface area (Å²) in [5.74, 6) is 0.432. The molecule has 0 spiro atoms. The Kier molecular flexibility index (Phi) is 6.82. The topological polar surface area (TPSA) is 58.4 Å². The van der Waals surface area contributed by atoms with E-state index in [-0.39, 0.29) is 5.91 Å². The molecule has 4 heteroatoms. The van der Waals surface area contributed by atoms with E-state index in [9.17, 15) is 4.79 Å². The number of nitrogens with one attached hydrogen (secondary N) is 1. The minimum Gasteiger partial charge on any atom is -0.403 e. The SMILES string of the molecule is C=C(CN1CCC(/C=C/c2ccccc2C)CC1)C(=O)N/C=C\N. The van der Waals surface area contributed by atoms with Gasteiger partial charge < -0.3 is 11.1 Å². The normalized spacial score (nSPS) is 16.7. The lowest BCUT2D eigenvalue weighted by Crippen LogP contribution is -2.37. The molecule has 0 atom stereocenters. The summed E-state index contributed by atoms with van der Waals surface area (Å²) in [5.41, 5.74) is 8.38. The summed E-state index contributed by atoms with van der Waals surface area (Å²) in [4.78, 5) is 14.1. The Balaban J connectivity index is 1.78. The van der Waals surface area contributed by atoms with Gasteiger partial charge in [-0.1, -0.05) is 43.0 Å². The van der Waals surface area contributed by atoms with Crippen LogP contribution in [0.15, 0.2) is 54.9 Å². The van der Waals surface area contributed by atoms with Crippen molar-refractivity contribution in [1.29, 1.82) is 0 Å². The number of amides is 1. The van der Waals surface area contributed by atoms with Crippen LogP contribution in [0.5, 0.6) is 0 Å². The first-order chi connectivity index (χ1) is 11.6. The van der Waals surface area contributed by atoms with Crippen LogP contribution < -0.4 is 11.1 Å². The highest BCUT2D eigenvalue weighted by atomic mass is 16.1. The first-order valence-electron chi connectivity index (χ1n) is 8.41. The molecule has 0 saturated carbocycles. The first kappa shape index (κ1) is 18.0. The molecule has 1 aliphatic heterocycles. The van der Waals surface area contributed by atoms with Gasteiger partial charge >= 0.3 is 0 Å². The van der Waals surface area contributed by atoms with Crippen LogP contribution in [-0.2, 0) is 4.79 Å². The van der Waals surface area contributed by atoms with Gasteiger partial charge in [0.1, 0.15) is 0 Å². The number of likely N-dealkylation sites (tertiary alicyclic amines) is 1. The maximum Gasteiger partial charge on any atom is 0.251 e. The molecular formula is C20H27N3O. The number of nitrogens with two attached hydrogens (primary N) is 1. The summed E-state index contributed by atoms with van der Waals surface area (Å²) < 4.78 is 0. The van der Waals surface area contributed by atoms with Crippen LogP contribution in [0.4, 0.5) is 0 Å². The van der Waals surface area contributed by atoms with Crippen molar-refractivity contribution in [2.24, 2.45) is 11.7 Å². The molecule has 24 heavy (non-hydrogen) atoms. The fourth-order valence-electron chi connectivity index (χ4n) is 2.88. The van der Waals surface area contributed by atoms with Crippen molar-refractivity contribution in [2.45, 2.75) is 19.8 Å². The van der Waals surface area contributed by atoms with E-state index in [2.05, 4.69) is 60.1 Å². The molecule has 1 heterocycles. The molecule has 2 rings (SSSR count). The third kappa shape index (κ3) is 5.39. The Hall–Kier alpha value is -2.33. The maximum atomic E-state index is 11.8. The summed E-state index contributed by atoms with van der Waals surface area (Å²) in [6.07, 6.45) is 9.52. The lowest BCUT2D eigenvalue weighted by atomic mass is 9.95. The number of nitrogens with zero attached hydrogens (tertiary/aromatic N) is 1. The maximum absolute atomic E-state index is 11.8. The van der Waals surface area contributed by atoms with E-state index in [0.29, 0.717) is 18.0 Å². The van der Waals surface area contributed by atoms with Crippen LogP contribution in [0.3, 0.4) is 0 Å². The molecule has 0 aliphatic carbocycles. The van der Waals surface area contributed by atoms with Crippen molar-refractivity contribution in [3.05, 3.63) is 66.0 Å². The van der Waals surface area contributed by atoms with Crippen molar-refractivity contribution in [3.8, 4) is 0 Å². The standard InChI is InChI=1S/C20H27N3O/c1-16-5-3-4-6-19(16)8-7-18-9-13-23(14-10-18)15-17(2)20(24)22-12-11-21/h3-8,11-12,18H,2,9-10,13-15,21H2,1H3,(H,22,24)/b8-7+,12-11-. The van der Waals surface area contributed by atoms with Crippen LogP contribution in [-0.4, -0.2) is 30.4 Å². The molecule has 3 N–H and O–H groups in total. The highest BCUT2D eigenvalue weighted by molar-refractivity contribution is 5.93. The Morgan fingerprint density at radius 1 is 1.38 bits per heavy atom. The van der Waals surface area contributed by atoms with Gasteiger partial charge in [-0.3, -0.25) is 9.69 Å². The quantitative estimate of drug-likeness (QED) is 0.791. The monoisotopic (exact) mass is 325 g/mol. The lowest BCUT2D eigenvalue weighted by Gasteiger charge is -2.30. The van der Waals surface area contributed by atoms with Crippen LogP contribution in [0, 0.1) is 12.8 Å². The molecule has 1 saturated heterocycles. The third-order valence-corrected chi connectivity index (χ3v) is 4.41. The molecule has 1 aliphatic rings. The molecule has 1 aromatic rings.